The molecule has 0 saturated carbocycles. The highest BCUT2D eigenvalue weighted by Gasteiger charge is 2.11. The van der Waals surface area contributed by atoms with Crippen LogP contribution in [0.5, 0.6) is 0 Å². The van der Waals surface area contributed by atoms with Crippen molar-refractivity contribution in [2.45, 2.75) is 13.0 Å². The summed E-state index contributed by atoms with van der Waals surface area (Å²) in [6, 6.07) is 7.73. The average molecular weight is 403 g/mol. The van der Waals surface area contributed by atoms with Crippen molar-refractivity contribution in [1.82, 2.24) is 4.57 Å². The minimum absolute atomic E-state index is 0.0384. The third-order valence-electron chi connectivity index (χ3n) is 2.70. The van der Waals surface area contributed by atoms with Crippen LogP contribution in [-0.4, -0.2) is 10.4 Å². The molecule has 2 rings (SSSR count). The van der Waals surface area contributed by atoms with Crippen molar-refractivity contribution < 1.29 is 9.18 Å². The summed E-state index contributed by atoms with van der Waals surface area (Å²) < 4.78 is 15.8. The number of halogens is 3. The van der Waals surface area contributed by atoms with E-state index in [2.05, 4.69) is 31.9 Å². The minimum Gasteiger partial charge on any atom is -0.306 e. The number of ketones is 1. The van der Waals surface area contributed by atoms with E-state index < -0.39 is 5.82 Å². The molecule has 0 aliphatic rings. The van der Waals surface area contributed by atoms with Crippen molar-refractivity contribution in [2.75, 3.05) is 0 Å². The van der Waals surface area contributed by atoms with Crippen molar-refractivity contribution in [1.29, 1.82) is 0 Å². The van der Waals surface area contributed by atoms with Gasteiger partial charge in [-0.05, 0) is 49.6 Å². The van der Waals surface area contributed by atoms with Crippen LogP contribution in [0, 0.1) is 5.82 Å². The predicted molar refractivity (Wildman–Crippen MR) is 81.2 cm³/mol. The molecular formula is C14H10Br2FNO2. The second-order valence-electron chi connectivity index (χ2n) is 4.25. The highest BCUT2D eigenvalue weighted by atomic mass is 79.9. The van der Waals surface area contributed by atoms with Gasteiger partial charge < -0.3 is 4.57 Å². The summed E-state index contributed by atoms with van der Waals surface area (Å²) in [6.07, 6.45) is 1.50. The number of Topliss-reactive ketones (excluding diaryl/α,β-unsaturated/α-hetero) is 1. The third-order valence-corrected chi connectivity index (χ3v) is 3.70. The molecular weight excluding hydrogens is 393 g/mol. The summed E-state index contributed by atoms with van der Waals surface area (Å²) in [7, 11) is 0. The summed E-state index contributed by atoms with van der Waals surface area (Å²) in [6.45, 7) is -0.0921. The lowest BCUT2D eigenvalue weighted by atomic mass is 10.1. The largest absolute Gasteiger partial charge is 0.306 e. The van der Waals surface area contributed by atoms with Gasteiger partial charge in [-0.25, -0.2) is 4.39 Å². The first kappa shape index (κ1) is 15.1. The molecule has 0 amide bonds. The van der Waals surface area contributed by atoms with E-state index in [1.807, 2.05) is 0 Å². The molecule has 1 heterocycles. The lowest BCUT2D eigenvalue weighted by Crippen LogP contribution is -2.25. The molecule has 0 aliphatic carbocycles. The molecule has 6 heteroatoms. The van der Waals surface area contributed by atoms with Gasteiger partial charge in [-0.1, -0.05) is 18.2 Å². The minimum atomic E-state index is -0.413. The van der Waals surface area contributed by atoms with Crippen LogP contribution in [0.4, 0.5) is 4.39 Å². The van der Waals surface area contributed by atoms with Gasteiger partial charge in [0.05, 0.1) is 11.0 Å². The molecule has 0 N–H and O–H groups in total. The van der Waals surface area contributed by atoms with E-state index in [-0.39, 0.29) is 24.3 Å². The average Bonchev–Trinajstić information content (AvgIpc) is 2.38. The number of hydrogen-bond donors (Lipinski definition) is 0. The van der Waals surface area contributed by atoms with E-state index >= 15 is 0 Å². The zero-order chi connectivity index (χ0) is 14.7. The Kier molecular flexibility index (Phi) is 4.88. The number of pyridine rings is 1. The van der Waals surface area contributed by atoms with E-state index in [0.29, 0.717) is 14.5 Å². The van der Waals surface area contributed by atoms with Crippen molar-refractivity contribution in [3.63, 3.8) is 0 Å². The van der Waals surface area contributed by atoms with Crippen molar-refractivity contribution in [2.24, 2.45) is 0 Å². The highest BCUT2D eigenvalue weighted by Crippen LogP contribution is 2.13. The van der Waals surface area contributed by atoms with E-state index in [0.717, 1.165) is 0 Å². The van der Waals surface area contributed by atoms with Gasteiger partial charge in [0.1, 0.15) is 5.82 Å². The predicted octanol–water partition coefficient (Wildman–Crippen LogP) is 3.32. The van der Waals surface area contributed by atoms with Crippen LogP contribution >= 0.6 is 31.9 Å². The van der Waals surface area contributed by atoms with Gasteiger partial charge in [0.15, 0.2) is 5.78 Å². The van der Waals surface area contributed by atoms with Crippen molar-refractivity contribution in [3.8, 4) is 0 Å². The highest BCUT2D eigenvalue weighted by molar-refractivity contribution is 9.11. The summed E-state index contributed by atoms with van der Waals surface area (Å²) in [5, 5.41) is 0. The molecule has 1 aromatic heterocycles. The van der Waals surface area contributed by atoms with Gasteiger partial charge in [-0.2, -0.15) is 0 Å². The van der Waals surface area contributed by atoms with Gasteiger partial charge in [0.2, 0.25) is 0 Å². The molecule has 0 saturated heterocycles. The molecule has 1 aromatic carbocycles. The van der Waals surface area contributed by atoms with Crippen LogP contribution in [0.1, 0.15) is 5.56 Å². The van der Waals surface area contributed by atoms with E-state index in [9.17, 15) is 14.0 Å². The molecule has 3 nitrogen and oxygen atoms in total. The second kappa shape index (κ2) is 6.45. The maximum atomic E-state index is 13.5. The smallest absolute Gasteiger partial charge is 0.265 e. The van der Waals surface area contributed by atoms with Gasteiger partial charge in [-0.15, -0.1) is 0 Å². The van der Waals surface area contributed by atoms with Gasteiger partial charge in [0.25, 0.3) is 5.56 Å². The fourth-order valence-electron chi connectivity index (χ4n) is 1.78. The quantitative estimate of drug-likeness (QED) is 0.786. The third kappa shape index (κ3) is 3.64. The fraction of sp³-hybridized carbons (Fsp3) is 0.143. The molecule has 0 unspecified atom stereocenters. The SMILES string of the molecule is O=C(Cc1ccccc1F)Cn1cc(Br)cc(Br)c1=O. The molecule has 2 aromatic rings. The fourth-order valence-corrected chi connectivity index (χ4v) is 3.04. The molecule has 0 bridgehead atoms. The first-order chi connectivity index (χ1) is 9.47. The first-order valence-electron chi connectivity index (χ1n) is 5.78. The number of carbonyl (C=O) groups is 1. The Balaban J connectivity index is 2.17. The Labute approximate surface area is 131 Å². The summed E-state index contributed by atoms with van der Waals surface area (Å²) >= 11 is 6.39. The van der Waals surface area contributed by atoms with Crippen molar-refractivity contribution in [3.05, 3.63) is 67.2 Å². The Morgan fingerprint density at radius 1 is 1.25 bits per heavy atom. The van der Waals surface area contributed by atoms with E-state index in [4.69, 9.17) is 0 Å². The molecule has 0 atom stereocenters. The van der Waals surface area contributed by atoms with E-state index in [1.54, 1.807) is 24.3 Å². The zero-order valence-electron chi connectivity index (χ0n) is 10.3. The number of aromatic nitrogens is 1. The van der Waals surface area contributed by atoms with Crippen LogP contribution in [0.25, 0.3) is 0 Å². The number of hydrogen-bond acceptors (Lipinski definition) is 2. The molecule has 0 aliphatic heterocycles. The topological polar surface area (TPSA) is 39.1 Å². The number of nitrogens with zero attached hydrogens (tertiary/aromatic N) is 1. The zero-order valence-corrected chi connectivity index (χ0v) is 13.4. The lowest BCUT2D eigenvalue weighted by molar-refractivity contribution is -0.119. The van der Waals surface area contributed by atoms with Crippen LogP contribution in [0.3, 0.4) is 0 Å². The van der Waals surface area contributed by atoms with Gasteiger partial charge in [-0.3, -0.25) is 9.59 Å². The summed E-state index contributed by atoms with van der Waals surface area (Å²) in [5.74, 6) is -0.647. The van der Waals surface area contributed by atoms with Crippen LogP contribution < -0.4 is 5.56 Å². The normalized spacial score (nSPS) is 10.6. The number of rotatable bonds is 4. The standard InChI is InChI=1S/C14H10Br2FNO2/c15-10-6-12(16)14(20)18(7-10)8-11(19)5-9-3-1-2-4-13(9)17/h1-4,6-7H,5,8H2. The van der Waals surface area contributed by atoms with Crippen LogP contribution in [-0.2, 0) is 17.8 Å². The van der Waals surface area contributed by atoms with Crippen LogP contribution in [0.2, 0.25) is 0 Å². The Morgan fingerprint density at radius 2 is 1.95 bits per heavy atom. The number of carbonyl (C=O) groups excluding carboxylic acids is 1. The van der Waals surface area contributed by atoms with Gasteiger partial charge >= 0.3 is 0 Å². The maximum Gasteiger partial charge on any atom is 0.265 e. The Bertz CT molecular complexity index is 713. The number of benzene rings is 1. The molecule has 0 fully saturated rings. The molecule has 20 heavy (non-hydrogen) atoms. The van der Waals surface area contributed by atoms with Gasteiger partial charge in [0, 0.05) is 17.1 Å². The molecule has 0 spiro atoms. The second-order valence-corrected chi connectivity index (χ2v) is 6.02. The Morgan fingerprint density at radius 3 is 2.65 bits per heavy atom. The Hall–Kier alpha value is -1.27. The van der Waals surface area contributed by atoms with E-state index in [1.165, 1.54) is 16.8 Å². The molecule has 104 valence electrons. The summed E-state index contributed by atoms with van der Waals surface area (Å²) in [4.78, 5) is 23.8. The first-order valence-corrected chi connectivity index (χ1v) is 7.36. The monoisotopic (exact) mass is 401 g/mol. The van der Waals surface area contributed by atoms with Crippen LogP contribution in [0.15, 0.2) is 50.3 Å². The summed E-state index contributed by atoms with van der Waals surface area (Å²) in [5.41, 5.74) is 0.0368. The molecule has 0 radical (unpaired) electrons. The van der Waals surface area contributed by atoms with Crippen molar-refractivity contribution >= 4 is 37.6 Å². The maximum absolute atomic E-state index is 13.5. The lowest BCUT2D eigenvalue weighted by Gasteiger charge is -2.07.